The SMILES string of the molecule is COc1ccccc1CNc1ccc2c(NS(=O)(=O)c3ccc(F)cc3)cccc2n1. The maximum atomic E-state index is 13.1. The molecule has 0 saturated carbocycles. The molecule has 0 atom stereocenters. The molecule has 1 aromatic heterocycles. The second-order valence-electron chi connectivity index (χ2n) is 6.79. The minimum atomic E-state index is -3.86. The highest BCUT2D eigenvalue weighted by Crippen LogP contribution is 2.27. The lowest BCUT2D eigenvalue weighted by atomic mass is 10.2. The van der Waals surface area contributed by atoms with Crippen molar-refractivity contribution in [1.82, 2.24) is 4.98 Å². The van der Waals surface area contributed by atoms with Crippen LogP contribution in [0.15, 0.2) is 83.8 Å². The van der Waals surface area contributed by atoms with E-state index in [9.17, 15) is 12.8 Å². The molecule has 0 unspecified atom stereocenters. The van der Waals surface area contributed by atoms with Gasteiger partial charge in [-0.2, -0.15) is 0 Å². The Morgan fingerprint density at radius 2 is 1.71 bits per heavy atom. The molecule has 0 aliphatic carbocycles. The van der Waals surface area contributed by atoms with Crippen molar-refractivity contribution in [3.8, 4) is 5.75 Å². The highest BCUT2D eigenvalue weighted by molar-refractivity contribution is 7.92. The maximum absolute atomic E-state index is 13.1. The zero-order valence-electron chi connectivity index (χ0n) is 16.7. The number of aromatic nitrogens is 1. The van der Waals surface area contributed by atoms with Gasteiger partial charge in [0.05, 0.1) is 23.2 Å². The molecule has 8 heteroatoms. The number of nitrogens with zero attached hydrogens (tertiary/aromatic N) is 1. The molecule has 4 aromatic rings. The van der Waals surface area contributed by atoms with Crippen molar-refractivity contribution in [2.45, 2.75) is 11.4 Å². The van der Waals surface area contributed by atoms with Crippen molar-refractivity contribution in [3.05, 3.63) is 90.2 Å². The Morgan fingerprint density at radius 1 is 0.935 bits per heavy atom. The monoisotopic (exact) mass is 437 g/mol. The largest absolute Gasteiger partial charge is 0.496 e. The van der Waals surface area contributed by atoms with Crippen LogP contribution >= 0.6 is 0 Å². The van der Waals surface area contributed by atoms with Crippen molar-refractivity contribution >= 4 is 32.4 Å². The predicted octanol–water partition coefficient (Wildman–Crippen LogP) is 4.80. The molecule has 0 amide bonds. The summed E-state index contributed by atoms with van der Waals surface area (Å²) in [6.45, 7) is 0.527. The van der Waals surface area contributed by atoms with Gasteiger partial charge in [0, 0.05) is 17.5 Å². The number of methoxy groups -OCH3 is 1. The van der Waals surface area contributed by atoms with Crippen LogP contribution in [-0.2, 0) is 16.6 Å². The molecule has 6 nitrogen and oxygen atoms in total. The molecule has 31 heavy (non-hydrogen) atoms. The molecular formula is C23H20FN3O3S. The summed E-state index contributed by atoms with van der Waals surface area (Å²) in [7, 11) is -2.23. The van der Waals surface area contributed by atoms with Gasteiger partial charge in [-0.25, -0.2) is 17.8 Å². The Kier molecular flexibility index (Phi) is 5.73. The van der Waals surface area contributed by atoms with E-state index in [1.54, 1.807) is 37.4 Å². The van der Waals surface area contributed by atoms with E-state index in [-0.39, 0.29) is 4.90 Å². The number of nitrogens with one attached hydrogen (secondary N) is 2. The van der Waals surface area contributed by atoms with E-state index >= 15 is 0 Å². The zero-order chi connectivity index (χ0) is 21.8. The molecule has 2 N–H and O–H groups in total. The number of para-hydroxylation sites is 1. The molecule has 4 rings (SSSR count). The number of hydrogen-bond acceptors (Lipinski definition) is 5. The molecule has 0 bridgehead atoms. The Labute approximate surface area is 179 Å². The first-order chi connectivity index (χ1) is 15.0. The van der Waals surface area contributed by atoms with Gasteiger partial charge in [-0.1, -0.05) is 24.3 Å². The number of halogens is 1. The maximum Gasteiger partial charge on any atom is 0.261 e. The molecule has 158 valence electrons. The minimum absolute atomic E-state index is 0.0195. The van der Waals surface area contributed by atoms with Crippen LogP contribution in [0.2, 0.25) is 0 Å². The fourth-order valence-corrected chi connectivity index (χ4v) is 4.27. The second-order valence-corrected chi connectivity index (χ2v) is 8.48. The Hall–Kier alpha value is -3.65. The average molecular weight is 437 g/mol. The lowest BCUT2D eigenvalue weighted by Gasteiger charge is -2.13. The predicted molar refractivity (Wildman–Crippen MR) is 119 cm³/mol. The van der Waals surface area contributed by atoms with Crippen molar-refractivity contribution in [2.75, 3.05) is 17.1 Å². The number of anilines is 2. The third-order valence-corrected chi connectivity index (χ3v) is 6.13. The molecule has 0 spiro atoms. The summed E-state index contributed by atoms with van der Waals surface area (Å²) in [5.41, 5.74) is 2.02. The van der Waals surface area contributed by atoms with E-state index < -0.39 is 15.8 Å². The summed E-state index contributed by atoms with van der Waals surface area (Å²) in [5.74, 6) is 0.937. The van der Waals surface area contributed by atoms with Gasteiger partial charge in [0.15, 0.2) is 0 Å². The van der Waals surface area contributed by atoms with E-state index in [2.05, 4.69) is 15.0 Å². The molecule has 3 aromatic carbocycles. The topological polar surface area (TPSA) is 80.3 Å². The molecule has 0 saturated heterocycles. The van der Waals surface area contributed by atoms with Gasteiger partial charge in [-0.05, 0) is 54.6 Å². The third-order valence-electron chi connectivity index (χ3n) is 4.75. The Bertz CT molecular complexity index is 1330. The lowest BCUT2D eigenvalue weighted by Crippen LogP contribution is -2.13. The van der Waals surface area contributed by atoms with Crippen molar-refractivity contribution in [1.29, 1.82) is 0 Å². The van der Waals surface area contributed by atoms with Crippen molar-refractivity contribution in [3.63, 3.8) is 0 Å². The van der Waals surface area contributed by atoms with Gasteiger partial charge in [-0.15, -0.1) is 0 Å². The van der Waals surface area contributed by atoms with Gasteiger partial charge < -0.3 is 10.1 Å². The van der Waals surface area contributed by atoms with Gasteiger partial charge >= 0.3 is 0 Å². The first kappa shape index (κ1) is 20.6. The number of fused-ring (bicyclic) bond motifs is 1. The quantitative estimate of drug-likeness (QED) is 0.434. The number of benzene rings is 3. The van der Waals surface area contributed by atoms with E-state index in [1.165, 1.54) is 12.1 Å². The standard InChI is InChI=1S/C23H20FN3O3S/c1-30-22-8-3-2-5-16(22)15-25-23-14-13-19-20(26-23)6-4-7-21(19)27-31(28,29)18-11-9-17(24)10-12-18/h2-14,27H,15H2,1H3,(H,25,26). The number of ether oxygens (including phenoxy) is 1. The zero-order valence-corrected chi connectivity index (χ0v) is 17.5. The molecule has 1 heterocycles. The summed E-state index contributed by atoms with van der Waals surface area (Å²) >= 11 is 0. The van der Waals surface area contributed by atoms with Crippen LogP contribution in [-0.4, -0.2) is 20.5 Å². The smallest absolute Gasteiger partial charge is 0.261 e. The fourth-order valence-electron chi connectivity index (χ4n) is 3.19. The summed E-state index contributed by atoms with van der Waals surface area (Å²) in [6, 6.07) is 21.1. The molecule has 0 radical (unpaired) electrons. The minimum Gasteiger partial charge on any atom is -0.496 e. The Morgan fingerprint density at radius 3 is 2.48 bits per heavy atom. The van der Waals surface area contributed by atoms with Gasteiger partial charge in [0.2, 0.25) is 0 Å². The summed E-state index contributed by atoms with van der Waals surface area (Å²) < 4.78 is 46.4. The van der Waals surface area contributed by atoms with E-state index in [0.717, 1.165) is 23.4 Å². The molecular weight excluding hydrogens is 417 g/mol. The second kappa shape index (κ2) is 8.61. The van der Waals surface area contributed by atoms with Crippen LogP contribution in [0, 0.1) is 5.82 Å². The van der Waals surface area contributed by atoms with E-state index in [1.807, 2.05) is 24.3 Å². The number of rotatable bonds is 7. The van der Waals surface area contributed by atoms with Gasteiger partial charge in [0.25, 0.3) is 10.0 Å². The molecule has 0 aliphatic heterocycles. The van der Waals surface area contributed by atoms with Crippen LogP contribution in [0.25, 0.3) is 10.9 Å². The first-order valence-corrected chi connectivity index (χ1v) is 11.0. The highest BCUT2D eigenvalue weighted by Gasteiger charge is 2.16. The molecule has 0 fully saturated rings. The number of sulfonamides is 1. The summed E-state index contributed by atoms with van der Waals surface area (Å²) in [4.78, 5) is 4.56. The highest BCUT2D eigenvalue weighted by atomic mass is 32.2. The first-order valence-electron chi connectivity index (χ1n) is 9.50. The van der Waals surface area contributed by atoms with Crippen molar-refractivity contribution < 1.29 is 17.5 Å². The van der Waals surface area contributed by atoms with E-state index in [4.69, 9.17) is 4.74 Å². The summed E-state index contributed by atoms with van der Waals surface area (Å²) in [6.07, 6.45) is 0. The third kappa shape index (κ3) is 4.59. The van der Waals surface area contributed by atoms with Crippen LogP contribution in [0.3, 0.4) is 0 Å². The van der Waals surface area contributed by atoms with Crippen LogP contribution in [0.5, 0.6) is 5.75 Å². The fraction of sp³-hybridized carbons (Fsp3) is 0.0870. The van der Waals surface area contributed by atoms with Gasteiger partial charge in [-0.3, -0.25) is 4.72 Å². The lowest BCUT2D eigenvalue weighted by molar-refractivity contribution is 0.410. The van der Waals surface area contributed by atoms with E-state index in [0.29, 0.717) is 29.0 Å². The number of hydrogen-bond donors (Lipinski definition) is 2. The normalized spacial score (nSPS) is 11.3. The van der Waals surface area contributed by atoms with Crippen molar-refractivity contribution in [2.24, 2.45) is 0 Å². The molecule has 0 aliphatic rings. The van der Waals surface area contributed by atoms with Gasteiger partial charge in [0.1, 0.15) is 17.4 Å². The number of pyridine rings is 1. The van der Waals surface area contributed by atoms with Crippen LogP contribution in [0.4, 0.5) is 15.9 Å². The summed E-state index contributed by atoms with van der Waals surface area (Å²) in [5, 5.41) is 3.91. The van der Waals surface area contributed by atoms with Crippen LogP contribution < -0.4 is 14.8 Å². The average Bonchev–Trinajstić information content (AvgIpc) is 2.78. The van der Waals surface area contributed by atoms with Crippen LogP contribution in [0.1, 0.15) is 5.56 Å². The Balaban J connectivity index is 1.57.